The van der Waals surface area contributed by atoms with Crippen LogP contribution in [0.1, 0.15) is 31.0 Å². The number of carbonyl (C=O) groups excluding carboxylic acids is 1. The van der Waals surface area contributed by atoms with Crippen LogP contribution in [0.2, 0.25) is 0 Å². The summed E-state index contributed by atoms with van der Waals surface area (Å²) >= 11 is 0. The number of benzene rings is 2. The molecule has 1 N–H and O–H groups in total. The Morgan fingerprint density at radius 1 is 0.962 bits per heavy atom. The highest BCUT2D eigenvalue weighted by Gasteiger charge is 2.26. The number of nitrogens with zero attached hydrogens (tertiary/aromatic N) is 2. The zero-order valence-corrected chi connectivity index (χ0v) is 16.0. The van der Waals surface area contributed by atoms with Gasteiger partial charge in [-0.1, -0.05) is 42.5 Å². The average molecular weight is 351 g/mol. The van der Waals surface area contributed by atoms with Crippen molar-refractivity contribution >= 4 is 11.6 Å². The molecule has 0 aromatic heterocycles. The second kappa shape index (κ2) is 8.37. The fourth-order valence-electron chi connectivity index (χ4n) is 3.52. The molecular weight excluding hydrogens is 322 g/mol. The summed E-state index contributed by atoms with van der Waals surface area (Å²) in [6.45, 7) is 9.89. The van der Waals surface area contributed by atoms with Crippen molar-refractivity contribution in [2.75, 3.05) is 31.1 Å². The van der Waals surface area contributed by atoms with Crippen LogP contribution in [0.3, 0.4) is 0 Å². The average Bonchev–Trinajstić information content (AvgIpc) is 2.68. The van der Waals surface area contributed by atoms with Crippen molar-refractivity contribution in [2.45, 2.75) is 32.9 Å². The summed E-state index contributed by atoms with van der Waals surface area (Å²) in [7, 11) is 0. The monoisotopic (exact) mass is 351 g/mol. The molecule has 4 nitrogen and oxygen atoms in total. The predicted octanol–water partition coefficient (Wildman–Crippen LogP) is 3.38. The Balaban J connectivity index is 1.53. The molecule has 1 amide bonds. The van der Waals surface area contributed by atoms with E-state index in [4.69, 9.17) is 0 Å². The molecule has 0 radical (unpaired) electrons. The van der Waals surface area contributed by atoms with Gasteiger partial charge in [-0.05, 0) is 44.0 Å². The van der Waals surface area contributed by atoms with Gasteiger partial charge in [-0.15, -0.1) is 0 Å². The minimum absolute atomic E-state index is 0.0275. The van der Waals surface area contributed by atoms with Crippen LogP contribution in [-0.4, -0.2) is 43.0 Å². The zero-order chi connectivity index (χ0) is 18.5. The summed E-state index contributed by atoms with van der Waals surface area (Å²) in [5, 5.41) is 3.15. The number of anilines is 1. The fraction of sp³-hybridized carbons (Fsp3) is 0.409. The molecule has 4 heteroatoms. The van der Waals surface area contributed by atoms with E-state index in [1.807, 2.05) is 32.0 Å². The van der Waals surface area contributed by atoms with E-state index in [9.17, 15) is 4.79 Å². The summed E-state index contributed by atoms with van der Waals surface area (Å²) in [4.78, 5) is 17.3. The van der Waals surface area contributed by atoms with Gasteiger partial charge in [0, 0.05) is 31.9 Å². The molecule has 1 fully saturated rings. The lowest BCUT2D eigenvalue weighted by Gasteiger charge is -2.38. The largest absolute Gasteiger partial charge is 0.369 e. The molecule has 138 valence electrons. The van der Waals surface area contributed by atoms with Crippen LogP contribution < -0.4 is 10.2 Å². The minimum atomic E-state index is -0.110. The van der Waals surface area contributed by atoms with Crippen LogP contribution in [0.5, 0.6) is 0 Å². The number of amides is 1. The Hall–Kier alpha value is -2.33. The van der Waals surface area contributed by atoms with Gasteiger partial charge in [-0.25, -0.2) is 0 Å². The maximum absolute atomic E-state index is 12.7. The van der Waals surface area contributed by atoms with Gasteiger partial charge < -0.3 is 10.2 Å². The van der Waals surface area contributed by atoms with E-state index < -0.39 is 0 Å². The Morgan fingerprint density at radius 3 is 2.31 bits per heavy atom. The third kappa shape index (κ3) is 4.44. The number of nitrogens with one attached hydrogen (secondary N) is 1. The number of rotatable bonds is 5. The molecule has 0 saturated carbocycles. The molecule has 2 atom stereocenters. The Morgan fingerprint density at radius 2 is 1.65 bits per heavy atom. The molecule has 3 rings (SSSR count). The van der Waals surface area contributed by atoms with Gasteiger partial charge >= 0.3 is 0 Å². The van der Waals surface area contributed by atoms with Gasteiger partial charge in [0.15, 0.2) is 0 Å². The first-order valence-corrected chi connectivity index (χ1v) is 9.45. The van der Waals surface area contributed by atoms with Gasteiger partial charge in [0.1, 0.15) is 0 Å². The van der Waals surface area contributed by atoms with E-state index >= 15 is 0 Å². The summed E-state index contributed by atoms with van der Waals surface area (Å²) in [6.07, 6.45) is 0. The normalized spacial score (nSPS) is 17.6. The van der Waals surface area contributed by atoms with Crippen molar-refractivity contribution in [1.82, 2.24) is 10.2 Å². The van der Waals surface area contributed by atoms with E-state index in [2.05, 4.69) is 58.4 Å². The topological polar surface area (TPSA) is 35.6 Å². The molecule has 0 spiro atoms. The first-order chi connectivity index (χ1) is 12.5. The molecule has 1 heterocycles. The van der Waals surface area contributed by atoms with Crippen LogP contribution >= 0.6 is 0 Å². The van der Waals surface area contributed by atoms with E-state index in [1.165, 1.54) is 11.3 Å². The molecule has 2 aromatic rings. The number of carbonyl (C=O) groups is 1. The van der Waals surface area contributed by atoms with Crippen molar-refractivity contribution in [3.05, 3.63) is 65.7 Å². The number of piperazine rings is 1. The van der Waals surface area contributed by atoms with Crippen LogP contribution in [0.25, 0.3) is 0 Å². The second-order valence-corrected chi connectivity index (χ2v) is 7.18. The van der Waals surface area contributed by atoms with Gasteiger partial charge in [0.25, 0.3) is 0 Å². The van der Waals surface area contributed by atoms with Crippen molar-refractivity contribution in [2.24, 2.45) is 0 Å². The molecule has 1 saturated heterocycles. The van der Waals surface area contributed by atoms with Crippen molar-refractivity contribution in [3.8, 4) is 0 Å². The zero-order valence-electron chi connectivity index (χ0n) is 16.0. The maximum atomic E-state index is 12.7. The number of hydrogen-bond acceptors (Lipinski definition) is 3. The molecule has 0 aliphatic carbocycles. The van der Waals surface area contributed by atoms with Crippen LogP contribution in [0.15, 0.2) is 54.6 Å². The maximum Gasteiger partial charge on any atom is 0.237 e. The number of hydrogen-bond donors (Lipinski definition) is 1. The lowest BCUT2D eigenvalue weighted by Crippen LogP contribution is -2.54. The van der Waals surface area contributed by atoms with Crippen LogP contribution in [0, 0.1) is 6.92 Å². The molecule has 2 aromatic carbocycles. The van der Waals surface area contributed by atoms with Crippen LogP contribution in [-0.2, 0) is 4.79 Å². The Labute approximate surface area is 156 Å². The first-order valence-electron chi connectivity index (χ1n) is 9.45. The molecule has 0 bridgehead atoms. The smallest absolute Gasteiger partial charge is 0.237 e. The van der Waals surface area contributed by atoms with Crippen molar-refractivity contribution in [3.63, 3.8) is 0 Å². The second-order valence-electron chi connectivity index (χ2n) is 7.18. The standard InChI is InChI=1S/C22H29N3O/c1-17-8-7-11-21(16-17)25-14-12-24(13-15-25)19(3)22(26)23-18(2)20-9-5-4-6-10-20/h4-11,16,18-19H,12-15H2,1-3H3,(H,23,26). The fourth-order valence-corrected chi connectivity index (χ4v) is 3.52. The third-order valence-electron chi connectivity index (χ3n) is 5.27. The molecule has 1 aliphatic rings. The van der Waals surface area contributed by atoms with Gasteiger partial charge in [0.2, 0.25) is 5.91 Å². The predicted molar refractivity (Wildman–Crippen MR) is 107 cm³/mol. The quantitative estimate of drug-likeness (QED) is 0.897. The molecule has 26 heavy (non-hydrogen) atoms. The van der Waals surface area contributed by atoms with Gasteiger partial charge in [-0.2, -0.15) is 0 Å². The van der Waals surface area contributed by atoms with E-state index in [0.717, 1.165) is 31.7 Å². The highest BCUT2D eigenvalue weighted by Crippen LogP contribution is 2.19. The Bertz CT molecular complexity index is 723. The third-order valence-corrected chi connectivity index (χ3v) is 5.27. The van der Waals surface area contributed by atoms with Crippen molar-refractivity contribution < 1.29 is 4.79 Å². The summed E-state index contributed by atoms with van der Waals surface area (Å²) in [6, 6.07) is 18.7. The number of aryl methyl sites for hydroxylation is 1. The molecule has 1 aliphatic heterocycles. The van der Waals surface area contributed by atoms with E-state index in [0.29, 0.717) is 0 Å². The highest BCUT2D eigenvalue weighted by molar-refractivity contribution is 5.81. The SMILES string of the molecule is Cc1cccc(N2CCN(C(C)C(=O)NC(C)c3ccccc3)CC2)c1. The summed E-state index contributed by atoms with van der Waals surface area (Å²) in [5.41, 5.74) is 3.70. The summed E-state index contributed by atoms with van der Waals surface area (Å²) < 4.78 is 0. The summed E-state index contributed by atoms with van der Waals surface area (Å²) in [5.74, 6) is 0.102. The lowest BCUT2D eigenvalue weighted by molar-refractivity contribution is -0.126. The first kappa shape index (κ1) is 18.5. The van der Waals surface area contributed by atoms with Crippen molar-refractivity contribution in [1.29, 1.82) is 0 Å². The molecular formula is C22H29N3O. The molecule has 2 unspecified atom stereocenters. The van der Waals surface area contributed by atoms with E-state index in [-0.39, 0.29) is 18.0 Å². The highest BCUT2D eigenvalue weighted by atomic mass is 16.2. The Kier molecular flexibility index (Phi) is 5.94. The lowest BCUT2D eigenvalue weighted by atomic mass is 10.1. The van der Waals surface area contributed by atoms with Crippen LogP contribution in [0.4, 0.5) is 5.69 Å². The minimum Gasteiger partial charge on any atom is -0.369 e. The van der Waals surface area contributed by atoms with Gasteiger partial charge in [-0.3, -0.25) is 9.69 Å². The van der Waals surface area contributed by atoms with Gasteiger partial charge in [0.05, 0.1) is 12.1 Å². The van der Waals surface area contributed by atoms with E-state index in [1.54, 1.807) is 0 Å².